The summed E-state index contributed by atoms with van der Waals surface area (Å²) in [6.07, 6.45) is 17.4. The lowest BCUT2D eigenvalue weighted by Crippen LogP contribution is -2.07. The Morgan fingerprint density at radius 3 is 2.95 bits per heavy atom. The van der Waals surface area contributed by atoms with E-state index in [0.29, 0.717) is 5.92 Å². The van der Waals surface area contributed by atoms with Crippen molar-refractivity contribution in [3.63, 3.8) is 0 Å². The molecule has 0 radical (unpaired) electrons. The number of hydrogen-bond donors (Lipinski definition) is 0. The van der Waals surface area contributed by atoms with Crippen LogP contribution in [0.5, 0.6) is 0 Å². The summed E-state index contributed by atoms with van der Waals surface area (Å²) in [5, 5.41) is 4.54. The molecule has 110 valence electrons. The number of pyridine rings is 1. The Bertz CT molecular complexity index is 847. The summed E-state index contributed by atoms with van der Waals surface area (Å²) in [4.78, 5) is 8.87. The van der Waals surface area contributed by atoms with Gasteiger partial charge in [-0.2, -0.15) is 5.10 Å². The molecule has 0 bridgehead atoms. The lowest BCUT2D eigenvalue weighted by molar-refractivity contribution is 0.614. The zero-order valence-corrected chi connectivity index (χ0v) is 12.6. The SMILES string of the molecule is Cc1ccncc1-c1c(C2CC=CCC2)cnn2ccnc12. The summed E-state index contributed by atoms with van der Waals surface area (Å²) >= 11 is 0. The van der Waals surface area contributed by atoms with Crippen LogP contribution in [0.25, 0.3) is 16.8 Å². The van der Waals surface area contributed by atoms with Crippen molar-refractivity contribution in [2.24, 2.45) is 0 Å². The van der Waals surface area contributed by atoms with E-state index in [1.165, 1.54) is 23.1 Å². The van der Waals surface area contributed by atoms with Gasteiger partial charge in [0.05, 0.1) is 6.20 Å². The highest BCUT2D eigenvalue weighted by atomic mass is 15.2. The summed E-state index contributed by atoms with van der Waals surface area (Å²) in [7, 11) is 0. The predicted octanol–water partition coefficient (Wildman–Crippen LogP) is 3.92. The molecule has 4 heteroatoms. The van der Waals surface area contributed by atoms with Crippen molar-refractivity contribution in [1.29, 1.82) is 0 Å². The molecular weight excluding hydrogens is 272 g/mol. The molecular formula is C18H18N4. The average molecular weight is 290 g/mol. The molecule has 1 unspecified atom stereocenters. The molecule has 4 rings (SSSR count). The Kier molecular flexibility index (Phi) is 3.22. The van der Waals surface area contributed by atoms with Gasteiger partial charge in [-0.05, 0) is 49.3 Å². The zero-order valence-electron chi connectivity index (χ0n) is 12.6. The predicted molar refractivity (Wildman–Crippen MR) is 86.7 cm³/mol. The van der Waals surface area contributed by atoms with Gasteiger partial charge in [-0.3, -0.25) is 4.98 Å². The first-order valence-corrected chi connectivity index (χ1v) is 7.73. The third kappa shape index (κ3) is 2.11. The molecule has 1 atom stereocenters. The monoisotopic (exact) mass is 290 g/mol. The van der Waals surface area contributed by atoms with Crippen molar-refractivity contribution >= 4 is 5.65 Å². The molecule has 1 aliphatic rings. The van der Waals surface area contributed by atoms with E-state index in [1.807, 2.05) is 35.5 Å². The van der Waals surface area contributed by atoms with Gasteiger partial charge >= 0.3 is 0 Å². The largest absolute Gasteiger partial charge is 0.264 e. The summed E-state index contributed by atoms with van der Waals surface area (Å²) < 4.78 is 1.85. The minimum Gasteiger partial charge on any atom is -0.264 e. The van der Waals surface area contributed by atoms with Crippen LogP contribution in [0.15, 0.2) is 49.2 Å². The van der Waals surface area contributed by atoms with Crippen molar-refractivity contribution in [3.05, 3.63) is 60.3 Å². The summed E-state index contributed by atoms with van der Waals surface area (Å²) in [6.45, 7) is 2.13. The number of rotatable bonds is 2. The molecule has 3 aromatic heterocycles. The maximum absolute atomic E-state index is 4.55. The smallest absolute Gasteiger partial charge is 0.161 e. The molecule has 0 saturated heterocycles. The van der Waals surface area contributed by atoms with Crippen LogP contribution in [0.3, 0.4) is 0 Å². The number of fused-ring (bicyclic) bond motifs is 1. The van der Waals surface area contributed by atoms with Gasteiger partial charge in [0, 0.05) is 35.9 Å². The zero-order chi connectivity index (χ0) is 14.9. The maximum atomic E-state index is 4.55. The minimum atomic E-state index is 0.508. The minimum absolute atomic E-state index is 0.508. The van der Waals surface area contributed by atoms with E-state index in [1.54, 1.807) is 0 Å². The topological polar surface area (TPSA) is 43.1 Å². The molecule has 0 aliphatic heterocycles. The van der Waals surface area contributed by atoms with Gasteiger partial charge in [-0.15, -0.1) is 0 Å². The van der Waals surface area contributed by atoms with Crippen molar-refractivity contribution in [3.8, 4) is 11.1 Å². The first kappa shape index (κ1) is 13.2. The van der Waals surface area contributed by atoms with Gasteiger partial charge in [-0.1, -0.05) is 12.2 Å². The molecule has 0 saturated carbocycles. The van der Waals surface area contributed by atoms with E-state index in [4.69, 9.17) is 0 Å². The summed E-state index contributed by atoms with van der Waals surface area (Å²) in [6, 6.07) is 2.06. The molecule has 1 aliphatic carbocycles. The average Bonchev–Trinajstić information content (AvgIpc) is 3.04. The van der Waals surface area contributed by atoms with E-state index >= 15 is 0 Å². The number of hydrogen-bond acceptors (Lipinski definition) is 3. The number of allylic oxidation sites excluding steroid dienone is 2. The Balaban J connectivity index is 1.99. The normalized spacial score (nSPS) is 18.0. The lowest BCUT2D eigenvalue weighted by Gasteiger charge is -2.22. The maximum Gasteiger partial charge on any atom is 0.161 e. The third-order valence-electron chi connectivity index (χ3n) is 4.47. The van der Waals surface area contributed by atoms with Gasteiger partial charge in [0.1, 0.15) is 0 Å². The highest BCUT2D eigenvalue weighted by Gasteiger charge is 2.21. The van der Waals surface area contributed by atoms with Crippen molar-refractivity contribution in [1.82, 2.24) is 19.6 Å². The van der Waals surface area contributed by atoms with Gasteiger partial charge in [0.25, 0.3) is 0 Å². The van der Waals surface area contributed by atoms with Crippen molar-refractivity contribution in [2.45, 2.75) is 32.1 Å². The Hall–Kier alpha value is -2.49. The second kappa shape index (κ2) is 5.37. The van der Waals surface area contributed by atoms with Gasteiger partial charge in [-0.25, -0.2) is 9.50 Å². The van der Waals surface area contributed by atoms with Gasteiger partial charge < -0.3 is 0 Å². The number of aromatic nitrogens is 4. The van der Waals surface area contributed by atoms with Gasteiger partial charge in [0.2, 0.25) is 0 Å². The van der Waals surface area contributed by atoms with Crippen LogP contribution >= 0.6 is 0 Å². The van der Waals surface area contributed by atoms with Crippen LogP contribution in [0, 0.1) is 6.92 Å². The van der Waals surface area contributed by atoms with E-state index in [-0.39, 0.29) is 0 Å². The highest BCUT2D eigenvalue weighted by Crippen LogP contribution is 2.38. The second-order valence-corrected chi connectivity index (χ2v) is 5.84. The standard InChI is InChI=1S/C18H18N4/c1-13-7-8-19-11-15(13)17-16(14-5-3-2-4-6-14)12-21-22-10-9-20-18(17)22/h2-3,7-12,14H,4-6H2,1H3. The molecule has 3 aromatic rings. The van der Waals surface area contributed by atoms with E-state index < -0.39 is 0 Å². The number of imidazole rings is 1. The first-order chi connectivity index (χ1) is 10.8. The summed E-state index contributed by atoms with van der Waals surface area (Å²) in [5.74, 6) is 0.508. The van der Waals surface area contributed by atoms with Gasteiger partial charge in [0.15, 0.2) is 5.65 Å². The van der Waals surface area contributed by atoms with Crippen LogP contribution in [0.4, 0.5) is 0 Å². The molecule has 22 heavy (non-hydrogen) atoms. The Morgan fingerprint density at radius 2 is 2.14 bits per heavy atom. The quantitative estimate of drug-likeness (QED) is 0.672. The Labute approximate surface area is 129 Å². The number of aryl methyl sites for hydroxylation is 1. The third-order valence-corrected chi connectivity index (χ3v) is 4.47. The fourth-order valence-electron chi connectivity index (χ4n) is 3.27. The number of nitrogens with zero attached hydrogens (tertiary/aromatic N) is 4. The molecule has 0 fully saturated rings. The van der Waals surface area contributed by atoms with Crippen LogP contribution in [-0.4, -0.2) is 19.6 Å². The van der Waals surface area contributed by atoms with Crippen LogP contribution < -0.4 is 0 Å². The van der Waals surface area contributed by atoms with Crippen molar-refractivity contribution < 1.29 is 0 Å². The molecule has 0 aromatic carbocycles. The molecule has 0 amide bonds. The summed E-state index contributed by atoms with van der Waals surface area (Å²) in [5.41, 5.74) is 5.78. The first-order valence-electron chi connectivity index (χ1n) is 7.73. The second-order valence-electron chi connectivity index (χ2n) is 5.84. The van der Waals surface area contributed by atoms with E-state index in [2.05, 4.69) is 40.2 Å². The Morgan fingerprint density at radius 1 is 1.18 bits per heavy atom. The van der Waals surface area contributed by atoms with Crippen molar-refractivity contribution in [2.75, 3.05) is 0 Å². The van der Waals surface area contributed by atoms with Crippen LogP contribution in [0.1, 0.15) is 36.3 Å². The van der Waals surface area contributed by atoms with Crippen LogP contribution in [-0.2, 0) is 0 Å². The highest BCUT2D eigenvalue weighted by molar-refractivity contribution is 5.82. The molecule has 3 heterocycles. The van der Waals surface area contributed by atoms with Crippen LogP contribution in [0.2, 0.25) is 0 Å². The fraction of sp³-hybridized carbons (Fsp3) is 0.278. The van der Waals surface area contributed by atoms with E-state index in [9.17, 15) is 0 Å². The lowest BCUT2D eigenvalue weighted by atomic mass is 9.84. The molecule has 4 nitrogen and oxygen atoms in total. The molecule has 0 N–H and O–H groups in total. The molecule has 0 spiro atoms. The fourth-order valence-corrected chi connectivity index (χ4v) is 3.27. The van der Waals surface area contributed by atoms with E-state index in [0.717, 1.165) is 24.1 Å².